The van der Waals surface area contributed by atoms with E-state index >= 15 is 0 Å². The van der Waals surface area contributed by atoms with Gasteiger partial charge < -0.3 is 9.47 Å². The molecule has 1 radical (unpaired) electrons. The van der Waals surface area contributed by atoms with Crippen molar-refractivity contribution in [3.8, 4) is 0 Å². The minimum absolute atomic E-state index is 0.0174. The highest BCUT2D eigenvalue weighted by atomic mass is 16.7. The maximum Gasteiger partial charge on any atom is 0.168 e. The first-order chi connectivity index (χ1) is 6.74. The molecule has 0 spiro atoms. The zero-order chi connectivity index (χ0) is 10.1. The van der Waals surface area contributed by atoms with E-state index in [0.717, 1.165) is 0 Å². The third kappa shape index (κ3) is 1.40. The van der Waals surface area contributed by atoms with Crippen LogP contribution in [-0.2, 0) is 19.1 Å². The van der Waals surface area contributed by atoms with Gasteiger partial charge in [-0.1, -0.05) is 0 Å². The van der Waals surface area contributed by atoms with E-state index in [0.29, 0.717) is 6.42 Å². The highest BCUT2D eigenvalue weighted by Crippen LogP contribution is 2.33. The Morgan fingerprint density at radius 1 is 1.36 bits per heavy atom. The number of fused-ring (bicyclic) bond motifs is 1. The van der Waals surface area contributed by atoms with Crippen LogP contribution in [-0.4, -0.2) is 25.0 Å². The van der Waals surface area contributed by atoms with Crippen LogP contribution in [0, 0.1) is 18.4 Å². The highest BCUT2D eigenvalue weighted by molar-refractivity contribution is 6.07. The molecule has 4 heteroatoms. The van der Waals surface area contributed by atoms with Crippen LogP contribution in [0.15, 0.2) is 12.2 Å². The number of methoxy groups -OCH3 is 1. The van der Waals surface area contributed by atoms with Crippen LogP contribution in [0.3, 0.4) is 0 Å². The minimum atomic E-state index is -0.616. The quantitative estimate of drug-likeness (QED) is 0.610. The smallest absolute Gasteiger partial charge is 0.168 e. The summed E-state index contributed by atoms with van der Waals surface area (Å²) in [5, 5.41) is 0. The highest BCUT2D eigenvalue weighted by Gasteiger charge is 2.43. The molecule has 2 aliphatic rings. The Labute approximate surface area is 81.9 Å². The molecule has 1 aliphatic carbocycles. The molecule has 0 aromatic heterocycles. The molecule has 1 saturated heterocycles. The Morgan fingerprint density at radius 2 is 2.07 bits per heavy atom. The molecular formula is C10H11O4. The van der Waals surface area contributed by atoms with Crippen molar-refractivity contribution < 1.29 is 19.1 Å². The van der Waals surface area contributed by atoms with Gasteiger partial charge in [-0.15, -0.1) is 0 Å². The molecule has 2 rings (SSSR count). The van der Waals surface area contributed by atoms with Gasteiger partial charge in [-0.2, -0.15) is 0 Å². The molecule has 14 heavy (non-hydrogen) atoms. The van der Waals surface area contributed by atoms with Gasteiger partial charge >= 0.3 is 0 Å². The summed E-state index contributed by atoms with van der Waals surface area (Å²) in [7, 11) is 1.47. The molecule has 0 amide bonds. The first-order valence-electron chi connectivity index (χ1n) is 4.49. The molecule has 1 heterocycles. The SMILES string of the molecule is COC1O[CH]CC2C(=O)C=CC(=O)C12. The van der Waals surface area contributed by atoms with Crippen molar-refractivity contribution in [3.05, 3.63) is 18.8 Å². The van der Waals surface area contributed by atoms with Gasteiger partial charge in [0, 0.05) is 13.0 Å². The summed E-state index contributed by atoms with van der Waals surface area (Å²) in [6.07, 6.45) is 2.52. The number of carbonyl (C=O) groups excluding carboxylic acids is 2. The third-order valence-electron chi connectivity index (χ3n) is 2.65. The number of hydrogen-bond acceptors (Lipinski definition) is 4. The second kappa shape index (κ2) is 3.63. The first-order valence-corrected chi connectivity index (χ1v) is 4.49. The largest absolute Gasteiger partial charge is 0.355 e. The van der Waals surface area contributed by atoms with Gasteiger partial charge in [0.2, 0.25) is 0 Å². The fraction of sp³-hybridized carbons (Fsp3) is 0.500. The second-order valence-corrected chi connectivity index (χ2v) is 3.41. The number of allylic oxidation sites excluding steroid dienone is 2. The summed E-state index contributed by atoms with van der Waals surface area (Å²) in [6.45, 7) is 1.54. The third-order valence-corrected chi connectivity index (χ3v) is 2.65. The van der Waals surface area contributed by atoms with Gasteiger partial charge in [0.1, 0.15) is 0 Å². The van der Waals surface area contributed by atoms with E-state index in [1.54, 1.807) is 6.61 Å². The maximum absolute atomic E-state index is 11.5. The van der Waals surface area contributed by atoms with Crippen LogP contribution in [0.2, 0.25) is 0 Å². The summed E-state index contributed by atoms with van der Waals surface area (Å²) in [4.78, 5) is 23.0. The van der Waals surface area contributed by atoms with Crippen molar-refractivity contribution in [2.45, 2.75) is 12.7 Å². The lowest BCUT2D eigenvalue weighted by atomic mass is 9.77. The van der Waals surface area contributed by atoms with Gasteiger partial charge in [-0.05, 0) is 18.6 Å². The van der Waals surface area contributed by atoms with Crippen molar-refractivity contribution in [2.75, 3.05) is 7.11 Å². The van der Waals surface area contributed by atoms with Crippen molar-refractivity contribution in [1.82, 2.24) is 0 Å². The van der Waals surface area contributed by atoms with Crippen LogP contribution in [0.1, 0.15) is 6.42 Å². The van der Waals surface area contributed by atoms with Crippen molar-refractivity contribution in [3.63, 3.8) is 0 Å². The molecule has 4 nitrogen and oxygen atoms in total. The van der Waals surface area contributed by atoms with Crippen molar-refractivity contribution in [1.29, 1.82) is 0 Å². The zero-order valence-corrected chi connectivity index (χ0v) is 7.80. The van der Waals surface area contributed by atoms with Crippen molar-refractivity contribution in [2.24, 2.45) is 11.8 Å². The van der Waals surface area contributed by atoms with Gasteiger partial charge in [0.05, 0.1) is 12.5 Å². The topological polar surface area (TPSA) is 52.6 Å². The minimum Gasteiger partial charge on any atom is -0.355 e. The first kappa shape index (κ1) is 9.55. The van der Waals surface area contributed by atoms with Gasteiger partial charge in [-0.3, -0.25) is 9.59 Å². The lowest BCUT2D eigenvalue weighted by molar-refractivity contribution is -0.179. The Balaban J connectivity index is 2.28. The van der Waals surface area contributed by atoms with Gasteiger partial charge in [0.25, 0.3) is 0 Å². The number of rotatable bonds is 1. The second-order valence-electron chi connectivity index (χ2n) is 3.41. The van der Waals surface area contributed by atoms with E-state index in [1.807, 2.05) is 0 Å². The molecule has 0 N–H and O–H groups in total. The number of hydrogen-bond donors (Lipinski definition) is 0. The summed E-state index contributed by atoms with van der Waals surface area (Å²) in [5.41, 5.74) is 0. The molecule has 0 aromatic carbocycles. The monoisotopic (exact) mass is 195 g/mol. The van der Waals surface area contributed by atoms with Crippen LogP contribution < -0.4 is 0 Å². The number of ketones is 2. The van der Waals surface area contributed by atoms with Crippen LogP contribution in [0.25, 0.3) is 0 Å². The predicted octanol–water partition coefficient (Wildman–Crippen LogP) is 0.481. The van der Waals surface area contributed by atoms with E-state index in [4.69, 9.17) is 9.47 Å². The fourth-order valence-electron chi connectivity index (χ4n) is 1.90. The molecular weight excluding hydrogens is 184 g/mol. The van der Waals surface area contributed by atoms with E-state index in [9.17, 15) is 9.59 Å². The maximum atomic E-state index is 11.5. The van der Waals surface area contributed by atoms with Crippen molar-refractivity contribution >= 4 is 11.6 Å². The zero-order valence-electron chi connectivity index (χ0n) is 7.80. The van der Waals surface area contributed by atoms with Crippen LogP contribution in [0.5, 0.6) is 0 Å². The Hall–Kier alpha value is -1.00. The molecule has 1 aliphatic heterocycles. The predicted molar refractivity (Wildman–Crippen MR) is 46.9 cm³/mol. The molecule has 3 atom stereocenters. The number of carbonyl (C=O) groups is 2. The molecule has 3 unspecified atom stereocenters. The molecule has 0 saturated carbocycles. The lowest BCUT2D eigenvalue weighted by Crippen LogP contribution is -2.45. The Bertz CT molecular complexity index is 294. The molecule has 75 valence electrons. The standard InChI is InChI=1S/C10H11O4/c1-13-10-9-6(4-5-14-10)7(11)2-3-8(9)12/h2-3,5-6,9-10H,4H2,1H3. The Kier molecular flexibility index (Phi) is 2.48. The molecule has 0 aromatic rings. The lowest BCUT2D eigenvalue weighted by Gasteiger charge is -2.35. The summed E-state index contributed by atoms with van der Waals surface area (Å²) < 4.78 is 10.2. The molecule has 1 fully saturated rings. The van der Waals surface area contributed by atoms with E-state index in [1.165, 1.54) is 19.3 Å². The fourth-order valence-corrected chi connectivity index (χ4v) is 1.90. The summed E-state index contributed by atoms with van der Waals surface area (Å²) in [6, 6.07) is 0. The van der Waals surface area contributed by atoms with Gasteiger partial charge in [-0.25, -0.2) is 0 Å². The average molecular weight is 195 g/mol. The normalized spacial score (nSPS) is 37.1. The summed E-state index contributed by atoms with van der Waals surface area (Å²) in [5.74, 6) is -0.876. The molecule has 0 bridgehead atoms. The number of ether oxygens (including phenoxy) is 2. The van der Waals surface area contributed by atoms with Crippen LogP contribution in [0.4, 0.5) is 0 Å². The van der Waals surface area contributed by atoms with Crippen LogP contribution >= 0.6 is 0 Å². The van der Waals surface area contributed by atoms with E-state index in [2.05, 4.69) is 0 Å². The van der Waals surface area contributed by atoms with Gasteiger partial charge in [0.15, 0.2) is 17.9 Å². The average Bonchev–Trinajstić information content (AvgIpc) is 2.23. The summed E-state index contributed by atoms with van der Waals surface area (Å²) >= 11 is 0. The Morgan fingerprint density at radius 3 is 2.79 bits per heavy atom. The van der Waals surface area contributed by atoms with E-state index in [-0.39, 0.29) is 17.5 Å². The van der Waals surface area contributed by atoms with E-state index < -0.39 is 12.2 Å².